The quantitative estimate of drug-likeness (QED) is 0.528. The molecule has 122 valence electrons. The number of benzene rings is 1. The Balaban J connectivity index is 1.93. The molecule has 1 aromatic carbocycles. The third-order valence-corrected chi connectivity index (χ3v) is 7.04. The molecule has 0 unspecified atom stereocenters. The molecule has 0 N–H and O–H groups in total. The molecule has 2 nitrogen and oxygen atoms in total. The van der Waals surface area contributed by atoms with E-state index in [0.29, 0.717) is 29.0 Å². The molecular weight excluding hydrogens is 430 g/mol. The van der Waals surface area contributed by atoms with Crippen molar-refractivity contribution in [2.24, 2.45) is 0 Å². The minimum atomic E-state index is 0.446. The van der Waals surface area contributed by atoms with E-state index in [0.717, 1.165) is 22.6 Å². The first kappa shape index (κ1) is 17.1. The van der Waals surface area contributed by atoms with Gasteiger partial charge in [-0.2, -0.15) is 0 Å². The van der Waals surface area contributed by atoms with E-state index in [1.54, 1.807) is 14.2 Å². The summed E-state index contributed by atoms with van der Waals surface area (Å²) < 4.78 is 13.9. The van der Waals surface area contributed by atoms with Crippen LogP contribution in [0.3, 0.4) is 0 Å². The van der Waals surface area contributed by atoms with Gasteiger partial charge < -0.3 is 0 Å². The number of hydrogen-bond acceptors (Lipinski definition) is 2. The van der Waals surface area contributed by atoms with Gasteiger partial charge >= 0.3 is 155 Å². The maximum absolute atomic E-state index is 5.58. The zero-order valence-electron chi connectivity index (χ0n) is 13.6. The van der Waals surface area contributed by atoms with Gasteiger partial charge in [-0.25, -0.2) is 0 Å². The molecule has 0 spiro atoms. The number of methoxy groups -OCH3 is 2. The number of hydrogen-bond donors (Lipinski definition) is 0. The summed E-state index contributed by atoms with van der Waals surface area (Å²) in [5.41, 5.74) is 2.06. The van der Waals surface area contributed by atoms with Crippen LogP contribution in [0.5, 0.6) is 11.5 Å². The molecule has 3 rings (SSSR count). The molecule has 4 heteroatoms. The minimum absolute atomic E-state index is 0.446. The monoisotopic (exact) mass is 450 g/mol. The van der Waals surface area contributed by atoms with Gasteiger partial charge in [0.1, 0.15) is 0 Å². The predicted molar refractivity (Wildman–Crippen MR) is 104 cm³/mol. The Bertz CT molecular complexity index is 757. The van der Waals surface area contributed by atoms with Crippen LogP contribution in [0.1, 0.15) is 20.0 Å². The van der Waals surface area contributed by atoms with E-state index in [9.17, 15) is 0 Å². The summed E-state index contributed by atoms with van der Waals surface area (Å²) >= 11 is 0.891. The first-order valence-electron chi connectivity index (χ1n) is 7.49. The van der Waals surface area contributed by atoms with Crippen LogP contribution < -0.4 is 9.47 Å². The molecule has 0 atom stereocenters. The zero-order valence-corrected chi connectivity index (χ0v) is 17.0. The Morgan fingerprint density at radius 3 is 1.50 bits per heavy atom. The Morgan fingerprint density at radius 1 is 0.708 bits per heavy atom. The molecule has 0 bridgehead atoms. The van der Waals surface area contributed by atoms with Crippen LogP contribution in [0, 0.1) is 0 Å². The summed E-state index contributed by atoms with van der Waals surface area (Å²) in [7, 11) is 3.42. The van der Waals surface area contributed by atoms with Crippen LogP contribution in [0.4, 0.5) is 0 Å². The third-order valence-electron chi connectivity index (χ3n) is 3.52. The summed E-state index contributed by atoms with van der Waals surface area (Å²) in [6, 6.07) is 12.6. The van der Waals surface area contributed by atoms with E-state index in [2.05, 4.69) is 58.5 Å². The van der Waals surface area contributed by atoms with E-state index in [-0.39, 0.29) is 0 Å². The topological polar surface area (TPSA) is 18.5 Å². The summed E-state index contributed by atoms with van der Waals surface area (Å²) in [6.45, 7) is 0. The third kappa shape index (κ3) is 4.23. The van der Waals surface area contributed by atoms with E-state index in [1.807, 2.05) is 12.1 Å². The second-order valence-corrected chi connectivity index (χ2v) is 9.14. The van der Waals surface area contributed by atoms with Gasteiger partial charge in [-0.1, -0.05) is 0 Å². The van der Waals surface area contributed by atoms with Crippen LogP contribution in [-0.2, 0) is 0 Å². The number of ether oxygens (including phenoxy) is 2. The fourth-order valence-electron chi connectivity index (χ4n) is 2.32. The van der Waals surface area contributed by atoms with Crippen LogP contribution in [0.2, 0.25) is 0 Å². The molecule has 0 aliphatic rings. The van der Waals surface area contributed by atoms with E-state index in [4.69, 9.17) is 9.47 Å². The maximum atomic E-state index is 5.58. The van der Waals surface area contributed by atoms with Gasteiger partial charge in [-0.05, 0) is 0 Å². The van der Waals surface area contributed by atoms with Gasteiger partial charge in [0.15, 0.2) is 0 Å². The van der Waals surface area contributed by atoms with Crippen molar-refractivity contribution in [3.8, 4) is 11.5 Å². The average Bonchev–Trinajstić information content (AvgIpc) is 3.31. The normalized spacial score (nSPS) is 11.4. The number of rotatable bonds is 6. The van der Waals surface area contributed by atoms with Gasteiger partial charge in [0, 0.05) is 0 Å². The first-order chi connectivity index (χ1) is 11.8. The van der Waals surface area contributed by atoms with Gasteiger partial charge in [-0.15, -0.1) is 0 Å². The van der Waals surface area contributed by atoms with Crippen LogP contribution in [-0.4, -0.2) is 43.2 Å². The van der Waals surface area contributed by atoms with Crippen molar-refractivity contribution in [3.05, 3.63) is 66.3 Å². The van der Waals surface area contributed by atoms with Crippen molar-refractivity contribution < 1.29 is 9.47 Å². The van der Waals surface area contributed by atoms with Crippen molar-refractivity contribution in [1.29, 1.82) is 0 Å². The van der Waals surface area contributed by atoms with Crippen molar-refractivity contribution in [2.45, 2.75) is 0 Å². The second kappa shape index (κ2) is 8.41. The van der Waals surface area contributed by atoms with Gasteiger partial charge in [0.25, 0.3) is 0 Å². The fraction of sp³-hybridized carbons (Fsp3) is 0.100. The summed E-state index contributed by atoms with van der Waals surface area (Å²) in [6.07, 6.45) is 8.51. The molecule has 0 fully saturated rings. The summed E-state index contributed by atoms with van der Waals surface area (Å²) in [5, 5.41) is 0. The molecule has 24 heavy (non-hydrogen) atoms. The van der Waals surface area contributed by atoms with Gasteiger partial charge in [0.05, 0.1) is 0 Å². The molecule has 0 aliphatic carbocycles. The van der Waals surface area contributed by atoms with E-state index in [1.165, 1.54) is 8.87 Å². The molecule has 0 saturated carbocycles. The average molecular weight is 448 g/mol. The van der Waals surface area contributed by atoms with Crippen LogP contribution in [0.15, 0.2) is 46.3 Å². The molecule has 3 aromatic rings. The van der Waals surface area contributed by atoms with Crippen molar-refractivity contribution in [1.82, 2.24) is 0 Å². The Hall–Kier alpha value is -1.70. The SMILES string of the molecule is COc1cc(/C=C/c2ccc[se]2)c(OC)cc1/C=C/c1ccc[se]1. The molecule has 0 amide bonds. The molecule has 2 aromatic heterocycles. The molecule has 2 heterocycles. The van der Waals surface area contributed by atoms with Crippen LogP contribution >= 0.6 is 0 Å². The van der Waals surface area contributed by atoms with E-state index < -0.39 is 0 Å². The van der Waals surface area contributed by atoms with Crippen molar-refractivity contribution in [3.63, 3.8) is 0 Å². The van der Waals surface area contributed by atoms with Crippen LogP contribution in [0.25, 0.3) is 24.3 Å². The van der Waals surface area contributed by atoms with Crippen molar-refractivity contribution in [2.75, 3.05) is 14.2 Å². The van der Waals surface area contributed by atoms with Gasteiger partial charge in [0.2, 0.25) is 0 Å². The summed E-state index contributed by atoms with van der Waals surface area (Å²) in [4.78, 5) is 4.43. The van der Waals surface area contributed by atoms with Gasteiger partial charge in [-0.3, -0.25) is 0 Å². The predicted octanol–water partition coefficient (Wildman–Crippen LogP) is 4.16. The zero-order chi connectivity index (χ0) is 16.8. The fourth-order valence-corrected chi connectivity index (χ4v) is 4.91. The molecule has 0 saturated heterocycles. The standard InChI is InChI=1S/C20H18O2Se2/c1-21-19-13-16(8-10-18-6-4-12-24-18)20(22-2)14-15(19)7-9-17-5-3-11-23-17/h3-14H,1-2H3/b9-7+,10-8+. The Kier molecular flexibility index (Phi) is 6.01. The Morgan fingerprint density at radius 2 is 1.17 bits per heavy atom. The molecular formula is C20H18O2Se2. The Labute approximate surface area is 154 Å². The molecule has 0 radical (unpaired) electrons. The first-order valence-corrected chi connectivity index (χ1v) is 11.2. The van der Waals surface area contributed by atoms with Crippen molar-refractivity contribution >= 4 is 53.3 Å². The van der Waals surface area contributed by atoms with E-state index >= 15 is 0 Å². The second-order valence-electron chi connectivity index (χ2n) is 5.03. The molecule has 0 aliphatic heterocycles. The summed E-state index contributed by atoms with van der Waals surface area (Å²) in [5.74, 6) is 1.71.